The highest BCUT2D eigenvalue weighted by Gasteiger charge is 2.31. The first-order chi connectivity index (χ1) is 7.66. The van der Waals surface area contributed by atoms with E-state index in [1.54, 1.807) is 25.6 Å². The van der Waals surface area contributed by atoms with Gasteiger partial charge in [-0.2, -0.15) is 5.10 Å². The zero-order valence-corrected chi connectivity index (χ0v) is 10.7. The fourth-order valence-corrected chi connectivity index (χ4v) is 1.50. The van der Waals surface area contributed by atoms with Gasteiger partial charge in [-0.05, 0) is 27.7 Å². The summed E-state index contributed by atoms with van der Waals surface area (Å²) in [6.07, 6.45) is 0. The molecule has 0 aromatic carbocycles. The Morgan fingerprint density at radius 3 is 2.24 bits per heavy atom. The number of aromatic nitrogens is 2. The Kier molecular flexibility index (Phi) is 3.26. The molecule has 1 heterocycles. The first-order valence-electron chi connectivity index (χ1n) is 5.23. The molecule has 0 radical (unpaired) electrons. The van der Waals surface area contributed by atoms with Crippen LogP contribution in [0.25, 0.3) is 0 Å². The molecule has 1 rings (SSSR count). The quantitative estimate of drug-likeness (QED) is 0.810. The number of carbonyl (C=O) groups excluding carboxylic acids is 1. The third-order valence-electron chi connectivity index (χ3n) is 2.70. The Morgan fingerprint density at radius 1 is 1.35 bits per heavy atom. The molecule has 0 aliphatic rings. The summed E-state index contributed by atoms with van der Waals surface area (Å²) in [5.74, 6) is -1.49. The van der Waals surface area contributed by atoms with Gasteiger partial charge in [0.1, 0.15) is 5.54 Å². The highest BCUT2D eigenvalue weighted by Crippen LogP contribution is 2.13. The van der Waals surface area contributed by atoms with Crippen LogP contribution in [-0.4, -0.2) is 32.3 Å². The first kappa shape index (κ1) is 13.2. The molecule has 2 N–H and O–H groups in total. The number of nitrogens with zero attached hydrogens (tertiary/aromatic N) is 2. The Balaban J connectivity index is 3.03. The third-order valence-corrected chi connectivity index (χ3v) is 2.70. The Hall–Kier alpha value is -1.85. The average Bonchev–Trinajstić information content (AvgIpc) is 2.39. The summed E-state index contributed by atoms with van der Waals surface area (Å²) in [5.41, 5.74) is 0.429. The number of carboxylic acid groups (broad SMARTS) is 1. The van der Waals surface area contributed by atoms with Crippen LogP contribution >= 0.6 is 0 Å². The summed E-state index contributed by atoms with van der Waals surface area (Å²) in [4.78, 5) is 22.9. The molecule has 0 saturated heterocycles. The number of rotatable bonds is 3. The van der Waals surface area contributed by atoms with Crippen LogP contribution in [0.5, 0.6) is 0 Å². The van der Waals surface area contributed by atoms with Gasteiger partial charge in [0.05, 0.1) is 11.3 Å². The predicted octanol–water partition coefficient (Wildman–Crippen LogP) is 0.630. The van der Waals surface area contributed by atoms with Crippen LogP contribution in [0.15, 0.2) is 0 Å². The lowest BCUT2D eigenvalue weighted by Gasteiger charge is -2.21. The van der Waals surface area contributed by atoms with Crippen molar-refractivity contribution in [3.63, 3.8) is 0 Å². The Labute approximate surface area is 99.6 Å². The van der Waals surface area contributed by atoms with Crippen LogP contribution in [-0.2, 0) is 11.8 Å². The van der Waals surface area contributed by atoms with Crippen LogP contribution < -0.4 is 5.32 Å². The number of amides is 1. The molecule has 0 fully saturated rings. The van der Waals surface area contributed by atoms with E-state index in [1.165, 1.54) is 13.8 Å². The van der Waals surface area contributed by atoms with E-state index >= 15 is 0 Å². The van der Waals surface area contributed by atoms with Crippen molar-refractivity contribution >= 4 is 11.9 Å². The molecular formula is C11H17N3O3. The van der Waals surface area contributed by atoms with Crippen molar-refractivity contribution in [3.05, 3.63) is 17.0 Å². The van der Waals surface area contributed by atoms with Crippen molar-refractivity contribution in [2.45, 2.75) is 33.2 Å². The van der Waals surface area contributed by atoms with E-state index in [0.29, 0.717) is 17.0 Å². The predicted molar refractivity (Wildman–Crippen MR) is 61.9 cm³/mol. The number of carboxylic acids is 1. The standard InChI is InChI=1S/C11H17N3O3/c1-6-8(7(2)14(5)13-6)9(15)12-11(3,4)10(16)17/h1-5H3,(H,12,15)(H,16,17). The molecule has 6 nitrogen and oxygen atoms in total. The van der Waals surface area contributed by atoms with Crippen LogP contribution in [0.3, 0.4) is 0 Å². The molecule has 0 bridgehead atoms. The van der Waals surface area contributed by atoms with Crippen molar-refractivity contribution in [1.29, 1.82) is 0 Å². The van der Waals surface area contributed by atoms with E-state index in [0.717, 1.165) is 0 Å². The highest BCUT2D eigenvalue weighted by atomic mass is 16.4. The molecule has 17 heavy (non-hydrogen) atoms. The summed E-state index contributed by atoms with van der Waals surface area (Å²) in [5, 5.41) is 15.5. The SMILES string of the molecule is Cc1nn(C)c(C)c1C(=O)NC(C)(C)C(=O)O. The summed E-state index contributed by atoms with van der Waals surface area (Å²) in [6, 6.07) is 0. The van der Waals surface area contributed by atoms with Gasteiger partial charge in [0.25, 0.3) is 5.91 Å². The van der Waals surface area contributed by atoms with Gasteiger partial charge in [-0.15, -0.1) is 0 Å². The third kappa shape index (κ3) is 2.46. The number of aliphatic carboxylic acids is 1. The number of nitrogens with one attached hydrogen (secondary N) is 1. The highest BCUT2D eigenvalue weighted by molar-refractivity contribution is 5.99. The lowest BCUT2D eigenvalue weighted by atomic mass is 10.0. The first-order valence-corrected chi connectivity index (χ1v) is 5.23. The van der Waals surface area contributed by atoms with Gasteiger partial charge >= 0.3 is 5.97 Å². The van der Waals surface area contributed by atoms with Crippen LogP contribution in [0, 0.1) is 13.8 Å². The van der Waals surface area contributed by atoms with Crippen LogP contribution in [0.2, 0.25) is 0 Å². The van der Waals surface area contributed by atoms with Crippen molar-refractivity contribution in [2.75, 3.05) is 0 Å². The van der Waals surface area contributed by atoms with Crippen molar-refractivity contribution in [1.82, 2.24) is 15.1 Å². The lowest BCUT2D eigenvalue weighted by molar-refractivity contribution is -0.143. The van der Waals surface area contributed by atoms with E-state index < -0.39 is 17.4 Å². The van der Waals surface area contributed by atoms with Gasteiger partial charge in [0.15, 0.2) is 0 Å². The molecule has 1 amide bonds. The van der Waals surface area contributed by atoms with Gasteiger partial charge in [-0.3, -0.25) is 9.48 Å². The number of aryl methyl sites for hydroxylation is 2. The maximum absolute atomic E-state index is 12.0. The summed E-state index contributed by atoms with van der Waals surface area (Å²) in [6.45, 7) is 6.36. The van der Waals surface area contributed by atoms with Crippen molar-refractivity contribution in [3.8, 4) is 0 Å². The van der Waals surface area contributed by atoms with E-state index in [9.17, 15) is 9.59 Å². The van der Waals surface area contributed by atoms with Crippen LogP contribution in [0.4, 0.5) is 0 Å². The average molecular weight is 239 g/mol. The molecule has 0 saturated carbocycles. The largest absolute Gasteiger partial charge is 0.480 e. The zero-order valence-electron chi connectivity index (χ0n) is 10.7. The second-order valence-electron chi connectivity index (χ2n) is 4.55. The molecule has 1 aromatic heterocycles. The van der Waals surface area contributed by atoms with Gasteiger partial charge in [0.2, 0.25) is 0 Å². The maximum Gasteiger partial charge on any atom is 0.328 e. The summed E-state index contributed by atoms with van der Waals surface area (Å²) in [7, 11) is 1.74. The minimum atomic E-state index is -1.30. The lowest BCUT2D eigenvalue weighted by Crippen LogP contribution is -2.49. The minimum absolute atomic E-state index is 0.416. The number of carbonyl (C=O) groups is 2. The Morgan fingerprint density at radius 2 is 1.88 bits per heavy atom. The van der Waals surface area contributed by atoms with Gasteiger partial charge in [0, 0.05) is 12.7 Å². The van der Waals surface area contributed by atoms with E-state index in [1.807, 2.05) is 0 Å². The minimum Gasteiger partial charge on any atom is -0.480 e. The Bertz CT molecular complexity index is 475. The zero-order chi connectivity index (χ0) is 13.4. The van der Waals surface area contributed by atoms with E-state index in [2.05, 4.69) is 10.4 Å². The second kappa shape index (κ2) is 4.20. The number of hydrogen-bond acceptors (Lipinski definition) is 3. The fraction of sp³-hybridized carbons (Fsp3) is 0.545. The van der Waals surface area contributed by atoms with E-state index in [4.69, 9.17) is 5.11 Å². The molecule has 1 aromatic rings. The normalized spacial score (nSPS) is 11.4. The number of hydrogen-bond donors (Lipinski definition) is 2. The molecule has 0 aliphatic carbocycles. The monoisotopic (exact) mass is 239 g/mol. The van der Waals surface area contributed by atoms with Crippen molar-refractivity contribution < 1.29 is 14.7 Å². The van der Waals surface area contributed by atoms with E-state index in [-0.39, 0.29) is 0 Å². The molecular weight excluding hydrogens is 222 g/mol. The fourth-order valence-electron chi connectivity index (χ4n) is 1.50. The van der Waals surface area contributed by atoms with Crippen LogP contribution in [0.1, 0.15) is 35.6 Å². The molecule has 0 unspecified atom stereocenters. The smallest absolute Gasteiger partial charge is 0.328 e. The maximum atomic E-state index is 12.0. The molecule has 0 aliphatic heterocycles. The topological polar surface area (TPSA) is 84.2 Å². The van der Waals surface area contributed by atoms with Crippen molar-refractivity contribution in [2.24, 2.45) is 7.05 Å². The molecule has 6 heteroatoms. The van der Waals surface area contributed by atoms with Gasteiger partial charge in [-0.25, -0.2) is 4.79 Å². The molecule has 0 spiro atoms. The molecule has 94 valence electrons. The summed E-state index contributed by atoms with van der Waals surface area (Å²) < 4.78 is 1.60. The van der Waals surface area contributed by atoms with Gasteiger partial charge in [-0.1, -0.05) is 0 Å². The molecule has 0 atom stereocenters. The van der Waals surface area contributed by atoms with Gasteiger partial charge < -0.3 is 10.4 Å². The second-order valence-corrected chi connectivity index (χ2v) is 4.55. The summed E-state index contributed by atoms with van der Waals surface area (Å²) >= 11 is 0.